The van der Waals surface area contributed by atoms with Crippen LogP contribution in [-0.2, 0) is 6.61 Å². The Kier molecular flexibility index (Phi) is 3.61. The molecule has 2 aromatic heterocycles. The molecule has 0 aliphatic carbocycles. The summed E-state index contributed by atoms with van der Waals surface area (Å²) >= 11 is 1.46. The molecule has 0 amide bonds. The molecule has 3 rings (SSSR count). The first-order chi connectivity index (χ1) is 10.6. The summed E-state index contributed by atoms with van der Waals surface area (Å²) in [6.45, 7) is -0.281. The summed E-state index contributed by atoms with van der Waals surface area (Å²) in [6, 6.07) is 7.85. The Morgan fingerprint density at radius 2 is 2.14 bits per heavy atom. The van der Waals surface area contributed by atoms with Crippen LogP contribution >= 0.6 is 11.3 Å². The van der Waals surface area contributed by atoms with Crippen LogP contribution in [0, 0.1) is 0 Å². The number of benzene rings is 1. The van der Waals surface area contributed by atoms with Gasteiger partial charge in [-0.25, -0.2) is 9.48 Å². The molecule has 22 heavy (non-hydrogen) atoms. The third-order valence-corrected chi connectivity index (χ3v) is 3.98. The number of carboxylic acid groups (broad SMARTS) is 1. The van der Waals surface area contributed by atoms with Crippen molar-refractivity contribution in [2.75, 3.05) is 0 Å². The third kappa shape index (κ3) is 2.34. The second-order valence-corrected chi connectivity index (χ2v) is 5.39. The third-order valence-electron chi connectivity index (χ3n) is 3.10. The van der Waals surface area contributed by atoms with Gasteiger partial charge in [-0.3, -0.25) is 0 Å². The molecule has 0 atom stereocenters. The topological polar surface area (TPSA) is 108 Å². The number of hydrogen-bond donors (Lipinski definition) is 3. The van der Waals surface area contributed by atoms with Crippen molar-refractivity contribution in [3.63, 3.8) is 0 Å². The van der Waals surface area contributed by atoms with Crippen LogP contribution in [0.1, 0.15) is 16.1 Å². The lowest BCUT2D eigenvalue weighted by Crippen LogP contribution is -2.03. The summed E-state index contributed by atoms with van der Waals surface area (Å²) < 4.78 is 1.45. The zero-order chi connectivity index (χ0) is 15.7. The number of rotatable bonds is 4. The molecule has 0 fully saturated rings. The average Bonchev–Trinajstić information content (AvgIpc) is 3.15. The number of phenols is 1. The Morgan fingerprint density at radius 3 is 2.77 bits per heavy atom. The van der Waals surface area contributed by atoms with Crippen molar-refractivity contribution >= 4 is 17.3 Å². The highest BCUT2D eigenvalue weighted by atomic mass is 32.1. The standard InChI is InChI=1S/C14H11N3O4S/c18-7-10-13(12-2-1-5-22-12)17(16-15-10)8-3-4-11(19)9(6-8)14(20)21/h1-6,18-19H,7H2,(H,20,21). The van der Waals surface area contributed by atoms with Crippen LogP contribution in [0.25, 0.3) is 16.3 Å². The number of carbonyl (C=O) groups is 1. The minimum absolute atomic E-state index is 0.226. The van der Waals surface area contributed by atoms with Crippen LogP contribution in [0.4, 0.5) is 0 Å². The number of aliphatic hydroxyl groups excluding tert-OH is 1. The van der Waals surface area contributed by atoms with Gasteiger partial charge in [-0.2, -0.15) is 0 Å². The first-order valence-corrected chi connectivity index (χ1v) is 7.15. The van der Waals surface area contributed by atoms with Crippen LogP contribution in [0.5, 0.6) is 5.75 Å². The van der Waals surface area contributed by atoms with Gasteiger partial charge in [0.1, 0.15) is 22.7 Å². The fraction of sp³-hybridized carbons (Fsp3) is 0.0714. The minimum Gasteiger partial charge on any atom is -0.507 e. The van der Waals surface area contributed by atoms with Crippen LogP contribution in [0.2, 0.25) is 0 Å². The summed E-state index contributed by atoms with van der Waals surface area (Å²) in [5.74, 6) is -1.56. The fourth-order valence-corrected chi connectivity index (χ4v) is 2.86. The molecule has 0 spiro atoms. The molecule has 0 aliphatic rings. The van der Waals surface area contributed by atoms with E-state index in [1.807, 2.05) is 17.5 Å². The van der Waals surface area contributed by atoms with Crippen LogP contribution in [0.3, 0.4) is 0 Å². The van der Waals surface area contributed by atoms with Gasteiger partial charge in [0.05, 0.1) is 17.2 Å². The highest BCUT2D eigenvalue weighted by Crippen LogP contribution is 2.30. The van der Waals surface area contributed by atoms with E-state index in [0.717, 1.165) is 4.88 Å². The molecule has 0 aliphatic heterocycles. The van der Waals surface area contributed by atoms with Crippen molar-refractivity contribution in [2.45, 2.75) is 6.61 Å². The molecule has 0 bridgehead atoms. The molecule has 3 aromatic rings. The van der Waals surface area contributed by atoms with Gasteiger partial charge in [0.25, 0.3) is 0 Å². The van der Waals surface area contributed by atoms with Gasteiger partial charge in [0.15, 0.2) is 0 Å². The number of thiophene rings is 1. The Labute approximate surface area is 128 Å². The highest BCUT2D eigenvalue weighted by molar-refractivity contribution is 7.13. The number of aliphatic hydroxyl groups is 1. The molecular formula is C14H11N3O4S. The van der Waals surface area contributed by atoms with Crippen LogP contribution < -0.4 is 0 Å². The molecular weight excluding hydrogens is 306 g/mol. The number of aromatic carboxylic acids is 1. The molecule has 2 heterocycles. The molecule has 112 valence electrons. The van der Waals surface area contributed by atoms with E-state index < -0.39 is 5.97 Å². The van der Waals surface area contributed by atoms with Crippen LogP contribution in [0.15, 0.2) is 35.7 Å². The summed E-state index contributed by atoms with van der Waals surface area (Å²) in [6.07, 6.45) is 0. The molecule has 8 heteroatoms. The van der Waals surface area contributed by atoms with E-state index in [1.54, 1.807) is 0 Å². The lowest BCUT2D eigenvalue weighted by atomic mass is 10.1. The Bertz CT molecular complexity index is 827. The first kappa shape index (κ1) is 14.2. The van der Waals surface area contributed by atoms with E-state index >= 15 is 0 Å². The number of aromatic nitrogens is 3. The maximum atomic E-state index is 11.1. The van der Waals surface area contributed by atoms with Gasteiger partial charge in [-0.05, 0) is 29.6 Å². The van der Waals surface area contributed by atoms with E-state index in [4.69, 9.17) is 5.11 Å². The van der Waals surface area contributed by atoms with Crippen molar-refractivity contribution in [2.24, 2.45) is 0 Å². The maximum absolute atomic E-state index is 11.1. The lowest BCUT2D eigenvalue weighted by Gasteiger charge is -2.08. The van der Waals surface area contributed by atoms with Crippen molar-refractivity contribution < 1.29 is 20.1 Å². The SMILES string of the molecule is O=C(O)c1cc(-n2nnc(CO)c2-c2cccs2)ccc1O. The van der Waals surface area contributed by atoms with Crippen molar-refractivity contribution in [3.8, 4) is 22.0 Å². The molecule has 1 aromatic carbocycles. The average molecular weight is 317 g/mol. The molecule has 0 radical (unpaired) electrons. The number of nitrogens with zero attached hydrogens (tertiary/aromatic N) is 3. The quantitative estimate of drug-likeness (QED) is 0.678. The van der Waals surface area contributed by atoms with Gasteiger partial charge >= 0.3 is 5.97 Å². The van der Waals surface area contributed by atoms with Crippen molar-refractivity contribution in [1.29, 1.82) is 0 Å². The zero-order valence-corrected chi connectivity index (χ0v) is 12.0. The van der Waals surface area contributed by atoms with E-state index in [1.165, 1.54) is 34.2 Å². The minimum atomic E-state index is -1.24. The van der Waals surface area contributed by atoms with Gasteiger partial charge < -0.3 is 15.3 Å². The van der Waals surface area contributed by atoms with Gasteiger partial charge in [0, 0.05) is 0 Å². The summed E-state index contributed by atoms with van der Waals surface area (Å²) in [7, 11) is 0. The molecule has 0 saturated carbocycles. The predicted molar refractivity (Wildman–Crippen MR) is 79.2 cm³/mol. The van der Waals surface area contributed by atoms with Gasteiger partial charge in [-0.15, -0.1) is 16.4 Å². The monoisotopic (exact) mass is 317 g/mol. The highest BCUT2D eigenvalue weighted by Gasteiger charge is 2.18. The van der Waals surface area contributed by atoms with Gasteiger partial charge in [-0.1, -0.05) is 11.3 Å². The lowest BCUT2D eigenvalue weighted by molar-refractivity contribution is 0.0693. The first-order valence-electron chi connectivity index (χ1n) is 6.28. The fourth-order valence-electron chi connectivity index (χ4n) is 2.09. The summed E-state index contributed by atoms with van der Waals surface area (Å²) in [5.41, 5.74) is 1.20. The van der Waals surface area contributed by atoms with Gasteiger partial charge in [0.2, 0.25) is 0 Å². The van der Waals surface area contributed by atoms with E-state index in [-0.39, 0.29) is 17.9 Å². The molecule has 3 N–H and O–H groups in total. The van der Waals surface area contributed by atoms with Crippen LogP contribution in [-0.4, -0.2) is 36.3 Å². The molecule has 7 nitrogen and oxygen atoms in total. The van der Waals surface area contributed by atoms with E-state index in [0.29, 0.717) is 17.1 Å². The number of hydrogen-bond acceptors (Lipinski definition) is 6. The van der Waals surface area contributed by atoms with E-state index in [2.05, 4.69) is 10.3 Å². The largest absolute Gasteiger partial charge is 0.507 e. The van der Waals surface area contributed by atoms with Crippen molar-refractivity contribution in [3.05, 3.63) is 47.0 Å². The van der Waals surface area contributed by atoms with Crippen molar-refractivity contribution in [1.82, 2.24) is 15.0 Å². The predicted octanol–water partition coefficient (Wildman–Crippen LogP) is 1.89. The van der Waals surface area contributed by atoms with E-state index in [9.17, 15) is 15.0 Å². The number of carboxylic acids is 1. The summed E-state index contributed by atoms with van der Waals surface area (Å²) in [4.78, 5) is 12.0. The zero-order valence-electron chi connectivity index (χ0n) is 11.2. The Balaban J connectivity index is 2.19. The Hall–Kier alpha value is -2.71. The molecule has 0 saturated heterocycles. The molecule has 0 unspecified atom stereocenters. The second kappa shape index (κ2) is 5.58. The normalized spacial score (nSPS) is 10.8. The smallest absolute Gasteiger partial charge is 0.339 e. The maximum Gasteiger partial charge on any atom is 0.339 e. The second-order valence-electron chi connectivity index (χ2n) is 4.44. The Morgan fingerprint density at radius 1 is 1.32 bits per heavy atom. The summed E-state index contributed by atoms with van der Waals surface area (Å²) in [5, 5.41) is 37.9. The number of aromatic hydroxyl groups is 1.